The number of aromatic nitrogens is 4. The predicted octanol–water partition coefficient (Wildman–Crippen LogP) is 1.15. The van der Waals surface area contributed by atoms with E-state index in [-0.39, 0.29) is 5.97 Å². The van der Waals surface area contributed by atoms with Gasteiger partial charge in [-0.1, -0.05) is 5.21 Å². The molecule has 0 aliphatic heterocycles. The lowest BCUT2D eigenvalue weighted by atomic mass is 10.2. The Balaban J connectivity index is 2.26. The van der Waals surface area contributed by atoms with Crippen LogP contribution in [0.2, 0.25) is 0 Å². The van der Waals surface area contributed by atoms with Crippen LogP contribution in [0.4, 0.5) is 0 Å². The fraction of sp³-hybridized carbons (Fsp3) is 0.417. The summed E-state index contributed by atoms with van der Waals surface area (Å²) in [7, 11) is 1.81. The highest BCUT2D eigenvalue weighted by Gasteiger charge is 2.16. The minimum atomic E-state index is -0.302. The molecule has 0 fully saturated rings. The molecule has 0 aromatic carbocycles. The van der Waals surface area contributed by atoms with Crippen LogP contribution in [0.1, 0.15) is 28.7 Å². The van der Waals surface area contributed by atoms with Crippen molar-refractivity contribution in [3.8, 4) is 0 Å². The first-order valence-electron chi connectivity index (χ1n) is 5.80. The summed E-state index contributed by atoms with van der Waals surface area (Å²) in [6, 6.07) is 1.89. The van der Waals surface area contributed by atoms with E-state index in [9.17, 15) is 4.79 Å². The Labute approximate surface area is 105 Å². The zero-order valence-corrected chi connectivity index (χ0v) is 10.8. The summed E-state index contributed by atoms with van der Waals surface area (Å²) in [6.45, 7) is 4.56. The van der Waals surface area contributed by atoms with Gasteiger partial charge in [0.1, 0.15) is 11.4 Å². The van der Waals surface area contributed by atoms with E-state index >= 15 is 0 Å². The van der Waals surface area contributed by atoms with Gasteiger partial charge in [0.2, 0.25) is 0 Å². The van der Waals surface area contributed by atoms with Crippen LogP contribution in [-0.2, 0) is 18.3 Å². The molecule has 0 bridgehead atoms. The van der Waals surface area contributed by atoms with E-state index in [0.717, 1.165) is 11.3 Å². The Morgan fingerprint density at radius 3 is 2.89 bits per heavy atom. The van der Waals surface area contributed by atoms with Gasteiger partial charge in [0.15, 0.2) is 0 Å². The monoisotopic (exact) mass is 248 g/mol. The first-order chi connectivity index (χ1) is 8.61. The number of aryl methyl sites for hydroxylation is 2. The number of hydrogen-bond acceptors (Lipinski definition) is 4. The summed E-state index contributed by atoms with van der Waals surface area (Å²) in [4.78, 5) is 11.9. The van der Waals surface area contributed by atoms with Crippen LogP contribution in [0.25, 0.3) is 0 Å². The van der Waals surface area contributed by atoms with Crippen molar-refractivity contribution < 1.29 is 9.53 Å². The topological polar surface area (TPSA) is 61.9 Å². The van der Waals surface area contributed by atoms with Crippen molar-refractivity contribution in [2.45, 2.75) is 20.4 Å². The molecular weight excluding hydrogens is 232 g/mol. The molecule has 2 rings (SSSR count). The van der Waals surface area contributed by atoms with E-state index in [1.165, 1.54) is 0 Å². The number of hydrogen-bond donors (Lipinski definition) is 0. The second-order valence-electron chi connectivity index (χ2n) is 4.08. The van der Waals surface area contributed by atoms with E-state index in [2.05, 4.69) is 10.3 Å². The molecule has 0 unspecified atom stereocenters. The minimum Gasteiger partial charge on any atom is -0.461 e. The van der Waals surface area contributed by atoms with Crippen LogP contribution in [-0.4, -0.2) is 32.1 Å². The molecular formula is C12H16N4O2. The molecule has 0 saturated carbocycles. The molecule has 18 heavy (non-hydrogen) atoms. The Kier molecular flexibility index (Phi) is 3.45. The SMILES string of the molecule is CCOC(=O)c1c(C)ccn1Cc1cn(C)nn1. The molecule has 6 nitrogen and oxygen atoms in total. The normalized spacial score (nSPS) is 10.6. The summed E-state index contributed by atoms with van der Waals surface area (Å²) in [5.74, 6) is -0.302. The van der Waals surface area contributed by atoms with E-state index in [4.69, 9.17) is 4.74 Å². The lowest BCUT2D eigenvalue weighted by Gasteiger charge is -2.07. The number of ether oxygens (including phenoxy) is 1. The second-order valence-corrected chi connectivity index (χ2v) is 4.08. The summed E-state index contributed by atoms with van der Waals surface area (Å²) < 4.78 is 8.52. The highest BCUT2D eigenvalue weighted by Crippen LogP contribution is 2.13. The fourth-order valence-corrected chi connectivity index (χ4v) is 1.83. The number of rotatable bonds is 4. The molecule has 0 spiro atoms. The predicted molar refractivity (Wildman–Crippen MR) is 65.2 cm³/mol. The number of carbonyl (C=O) groups is 1. The maximum atomic E-state index is 11.9. The fourth-order valence-electron chi connectivity index (χ4n) is 1.83. The van der Waals surface area contributed by atoms with Crippen LogP contribution in [0.3, 0.4) is 0 Å². The molecule has 0 amide bonds. The highest BCUT2D eigenvalue weighted by atomic mass is 16.5. The van der Waals surface area contributed by atoms with Gasteiger partial charge in [-0.3, -0.25) is 4.68 Å². The summed E-state index contributed by atoms with van der Waals surface area (Å²) in [5.41, 5.74) is 2.28. The van der Waals surface area contributed by atoms with Crippen molar-refractivity contribution >= 4 is 5.97 Å². The molecule has 2 aromatic rings. The molecule has 0 atom stereocenters. The quantitative estimate of drug-likeness (QED) is 0.761. The van der Waals surface area contributed by atoms with Gasteiger partial charge in [0.05, 0.1) is 13.2 Å². The zero-order chi connectivity index (χ0) is 13.1. The van der Waals surface area contributed by atoms with E-state index < -0.39 is 0 Å². The summed E-state index contributed by atoms with van der Waals surface area (Å²) in [6.07, 6.45) is 3.68. The third-order valence-corrected chi connectivity index (χ3v) is 2.62. The zero-order valence-electron chi connectivity index (χ0n) is 10.8. The van der Waals surface area contributed by atoms with Gasteiger partial charge >= 0.3 is 5.97 Å². The number of carbonyl (C=O) groups excluding carboxylic acids is 1. The molecule has 2 aromatic heterocycles. The summed E-state index contributed by atoms with van der Waals surface area (Å²) >= 11 is 0. The van der Waals surface area contributed by atoms with Crippen LogP contribution in [0.15, 0.2) is 18.5 Å². The molecule has 0 aliphatic carbocycles. The summed E-state index contributed by atoms with van der Waals surface area (Å²) in [5, 5.41) is 7.87. The first kappa shape index (κ1) is 12.3. The van der Waals surface area contributed by atoms with Crippen molar-refractivity contribution in [1.82, 2.24) is 19.6 Å². The molecule has 2 heterocycles. The number of nitrogens with zero attached hydrogens (tertiary/aromatic N) is 4. The van der Waals surface area contributed by atoms with Crippen LogP contribution >= 0.6 is 0 Å². The van der Waals surface area contributed by atoms with Gasteiger partial charge in [0.25, 0.3) is 0 Å². The maximum absolute atomic E-state index is 11.9. The Hall–Kier alpha value is -2.11. The third-order valence-electron chi connectivity index (χ3n) is 2.62. The second kappa shape index (κ2) is 5.03. The lowest BCUT2D eigenvalue weighted by molar-refractivity contribution is 0.0513. The molecule has 6 heteroatoms. The van der Waals surface area contributed by atoms with Gasteiger partial charge in [-0.05, 0) is 25.5 Å². The highest BCUT2D eigenvalue weighted by molar-refractivity contribution is 5.89. The minimum absolute atomic E-state index is 0.302. The average Bonchev–Trinajstić information content (AvgIpc) is 2.87. The van der Waals surface area contributed by atoms with Crippen molar-refractivity contribution in [3.05, 3.63) is 35.4 Å². The van der Waals surface area contributed by atoms with E-state index in [1.54, 1.807) is 11.6 Å². The molecule has 0 aliphatic rings. The van der Waals surface area contributed by atoms with Gasteiger partial charge in [-0.2, -0.15) is 0 Å². The average molecular weight is 248 g/mol. The Bertz CT molecular complexity index is 556. The van der Waals surface area contributed by atoms with E-state index in [1.807, 2.05) is 37.0 Å². The third kappa shape index (κ3) is 2.42. The largest absolute Gasteiger partial charge is 0.461 e. The van der Waals surface area contributed by atoms with Gasteiger partial charge in [-0.15, -0.1) is 5.10 Å². The van der Waals surface area contributed by atoms with Crippen LogP contribution in [0, 0.1) is 6.92 Å². The number of esters is 1. The van der Waals surface area contributed by atoms with Crippen molar-refractivity contribution in [2.24, 2.45) is 7.05 Å². The molecule has 0 saturated heterocycles. The van der Waals surface area contributed by atoms with Crippen molar-refractivity contribution in [3.63, 3.8) is 0 Å². The molecule has 0 N–H and O–H groups in total. The Morgan fingerprint density at radius 1 is 1.50 bits per heavy atom. The smallest absolute Gasteiger partial charge is 0.355 e. The standard InChI is InChI=1S/C12H16N4O2/c1-4-18-12(17)11-9(2)5-6-16(11)8-10-7-15(3)14-13-10/h5-7H,4,8H2,1-3H3. The van der Waals surface area contributed by atoms with Crippen LogP contribution < -0.4 is 0 Å². The van der Waals surface area contributed by atoms with Gasteiger partial charge < -0.3 is 9.30 Å². The molecule has 0 radical (unpaired) electrons. The first-order valence-corrected chi connectivity index (χ1v) is 5.80. The van der Waals surface area contributed by atoms with Gasteiger partial charge in [-0.25, -0.2) is 4.79 Å². The molecule has 96 valence electrons. The van der Waals surface area contributed by atoms with Gasteiger partial charge in [0, 0.05) is 19.4 Å². The Morgan fingerprint density at radius 2 is 2.28 bits per heavy atom. The van der Waals surface area contributed by atoms with E-state index in [0.29, 0.717) is 18.8 Å². The van der Waals surface area contributed by atoms with Crippen molar-refractivity contribution in [1.29, 1.82) is 0 Å². The van der Waals surface area contributed by atoms with Crippen molar-refractivity contribution in [2.75, 3.05) is 6.61 Å². The lowest BCUT2D eigenvalue weighted by Crippen LogP contribution is -2.13. The maximum Gasteiger partial charge on any atom is 0.355 e. The van der Waals surface area contributed by atoms with Crippen LogP contribution in [0.5, 0.6) is 0 Å².